The molecule has 1 saturated heterocycles. The first-order chi connectivity index (χ1) is 18.2. The molecule has 2 heterocycles. The van der Waals surface area contributed by atoms with Crippen molar-refractivity contribution < 1.29 is 24.2 Å². The smallest absolute Gasteiger partial charge is 0.300 e. The number of anilines is 2. The fraction of sp³-hybridized carbons (Fsp3) is 0.290. The molecule has 0 aromatic heterocycles. The number of aliphatic hydroxyl groups excluding tert-OH is 1. The Bertz CT molecular complexity index is 1410. The molecule has 0 spiro atoms. The number of nitrogens with zero attached hydrogens (tertiary/aromatic N) is 2. The second kappa shape index (κ2) is 10.2. The molecule has 3 aromatic carbocycles. The van der Waals surface area contributed by atoms with Gasteiger partial charge in [-0.05, 0) is 60.9 Å². The molecule has 0 bridgehead atoms. The fourth-order valence-corrected chi connectivity index (χ4v) is 4.81. The Balaban J connectivity index is 1.66. The standard InChI is InChI=1S/C31H32N2O5/c1-19(2)18-38-24-7-5-6-21(16-24)28-27(30(35)31(36)33(28)23-11-8-20(3)9-12-23)29(34)22-10-13-26-25(17-22)32(4)14-15-37-26/h5-13,16-17,19,28,34H,14-15,18H2,1-4H3/b29-27-. The zero-order valence-electron chi connectivity index (χ0n) is 22.1. The first-order valence-corrected chi connectivity index (χ1v) is 12.8. The Hall–Kier alpha value is -4.26. The van der Waals surface area contributed by atoms with E-state index in [1.165, 1.54) is 4.90 Å². The number of benzene rings is 3. The number of aliphatic hydroxyl groups is 1. The molecule has 1 N–H and O–H groups in total. The van der Waals surface area contributed by atoms with Crippen molar-refractivity contribution in [2.75, 3.05) is 36.6 Å². The van der Waals surface area contributed by atoms with Crippen molar-refractivity contribution in [3.05, 3.63) is 89.0 Å². The van der Waals surface area contributed by atoms with Gasteiger partial charge < -0.3 is 19.5 Å². The molecule has 0 saturated carbocycles. The van der Waals surface area contributed by atoms with Crippen LogP contribution < -0.4 is 19.3 Å². The van der Waals surface area contributed by atoms with Crippen molar-refractivity contribution >= 4 is 28.8 Å². The minimum Gasteiger partial charge on any atom is -0.507 e. The number of hydrogen-bond acceptors (Lipinski definition) is 6. The Morgan fingerprint density at radius 3 is 2.58 bits per heavy atom. The Labute approximate surface area is 222 Å². The summed E-state index contributed by atoms with van der Waals surface area (Å²) in [7, 11) is 1.95. The van der Waals surface area contributed by atoms with E-state index in [2.05, 4.69) is 13.8 Å². The van der Waals surface area contributed by atoms with E-state index < -0.39 is 17.7 Å². The average Bonchev–Trinajstić information content (AvgIpc) is 3.18. The first kappa shape index (κ1) is 25.4. The highest BCUT2D eigenvalue weighted by molar-refractivity contribution is 6.51. The largest absolute Gasteiger partial charge is 0.507 e. The van der Waals surface area contributed by atoms with Crippen molar-refractivity contribution in [2.24, 2.45) is 5.92 Å². The number of ether oxygens (including phenoxy) is 2. The minimum absolute atomic E-state index is 0.0379. The van der Waals surface area contributed by atoms with Gasteiger partial charge in [0.1, 0.15) is 23.9 Å². The van der Waals surface area contributed by atoms with Crippen LogP contribution in [0, 0.1) is 12.8 Å². The van der Waals surface area contributed by atoms with Gasteiger partial charge in [0.05, 0.1) is 30.5 Å². The highest BCUT2D eigenvalue weighted by atomic mass is 16.5. The van der Waals surface area contributed by atoms with Gasteiger partial charge in [-0.3, -0.25) is 14.5 Å². The SMILES string of the molecule is Cc1ccc(N2C(=O)C(=O)/C(=C(\O)c3ccc4c(c3)N(C)CCO4)C2c2cccc(OCC(C)C)c2)cc1. The molecular formula is C31H32N2O5. The summed E-state index contributed by atoms with van der Waals surface area (Å²) in [5.74, 6) is 0.0395. The first-order valence-electron chi connectivity index (χ1n) is 12.8. The molecule has 0 aliphatic carbocycles. The number of amides is 1. The van der Waals surface area contributed by atoms with Gasteiger partial charge in [-0.25, -0.2) is 0 Å². The normalized spacial score (nSPS) is 18.5. The van der Waals surface area contributed by atoms with Gasteiger partial charge in [0.15, 0.2) is 0 Å². The summed E-state index contributed by atoms with van der Waals surface area (Å²) >= 11 is 0. The Morgan fingerprint density at radius 2 is 1.84 bits per heavy atom. The number of aryl methyl sites for hydroxylation is 1. The van der Waals surface area contributed by atoms with Crippen LogP contribution in [0.4, 0.5) is 11.4 Å². The number of carbonyl (C=O) groups is 2. The maximum absolute atomic E-state index is 13.5. The van der Waals surface area contributed by atoms with Crippen LogP contribution in [0.15, 0.2) is 72.3 Å². The summed E-state index contributed by atoms with van der Waals surface area (Å²) in [6, 6.07) is 19.3. The van der Waals surface area contributed by atoms with Crippen LogP contribution in [0.5, 0.6) is 11.5 Å². The molecule has 2 aliphatic rings. The van der Waals surface area contributed by atoms with Crippen molar-refractivity contribution in [2.45, 2.75) is 26.8 Å². The lowest BCUT2D eigenvalue weighted by Crippen LogP contribution is -2.29. The number of fused-ring (bicyclic) bond motifs is 1. The van der Waals surface area contributed by atoms with E-state index in [0.29, 0.717) is 54.0 Å². The highest BCUT2D eigenvalue weighted by Crippen LogP contribution is 2.44. The quantitative estimate of drug-likeness (QED) is 0.268. The zero-order valence-corrected chi connectivity index (χ0v) is 22.1. The van der Waals surface area contributed by atoms with Gasteiger partial charge in [-0.15, -0.1) is 0 Å². The van der Waals surface area contributed by atoms with Crippen molar-refractivity contribution in [1.82, 2.24) is 0 Å². The van der Waals surface area contributed by atoms with E-state index in [-0.39, 0.29) is 11.3 Å². The summed E-state index contributed by atoms with van der Waals surface area (Å²) in [5.41, 5.74) is 3.58. The van der Waals surface area contributed by atoms with Crippen LogP contribution >= 0.6 is 0 Å². The van der Waals surface area contributed by atoms with Crippen LogP contribution in [0.1, 0.15) is 36.6 Å². The summed E-state index contributed by atoms with van der Waals surface area (Å²) in [4.78, 5) is 30.5. The number of ketones is 1. The number of rotatable bonds is 6. The lowest BCUT2D eigenvalue weighted by Gasteiger charge is -2.28. The molecule has 1 fully saturated rings. The van der Waals surface area contributed by atoms with Crippen LogP contribution in [0.3, 0.4) is 0 Å². The van der Waals surface area contributed by atoms with E-state index in [4.69, 9.17) is 9.47 Å². The molecule has 3 aromatic rings. The molecule has 1 atom stereocenters. The summed E-state index contributed by atoms with van der Waals surface area (Å²) in [6.07, 6.45) is 0. The topological polar surface area (TPSA) is 79.3 Å². The van der Waals surface area contributed by atoms with Crippen molar-refractivity contribution in [3.63, 3.8) is 0 Å². The number of Topliss-reactive ketones (excluding diaryl/α,β-unsaturated/α-hetero) is 1. The predicted octanol–water partition coefficient (Wildman–Crippen LogP) is 5.48. The van der Waals surface area contributed by atoms with E-state index in [1.54, 1.807) is 18.2 Å². The molecular weight excluding hydrogens is 480 g/mol. The maximum atomic E-state index is 13.5. The minimum atomic E-state index is -0.828. The monoisotopic (exact) mass is 512 g/mol. The van der Waals surface area contributed by atoms with Gasteiger partial charge in [-0.2, -0.15) is 0 Å². The van der Waals surface area contributed by atoms with Crippen LogP contribution in [-0.4, -0.2) is 43.6 Å². The van der Waals surface area contributed by atoms with E-state index in [0.717, 1.165) is 11.3 Å². The van der Waals surface area contributed by atoms with Crippen LogP contribution in [-0.2, 0) is 9.59 Å². The highest BCUT2D eigenvalue weighted by Gasteiger charge is 2.47. The van der Waals surface area contributed by atoms with E-state index in [9.17, 15) is 14.7 Å². The van der Waals surface area contributed by atoms with Gasteiger partial charge in [-0.1, -0.05) is 43.7 Å². The molecule has 7 heteroatoms. The summed E-state index contributed by atoms with van der Waals surface area (Å²) < 4.78 is 11.7. The van der Waals surface area contributed by atoms with Crippen LogP contribution in [0.2, 0.25) is 0 Å². The third-order valence-corrected chi connectivity index (χ3v) is 6.84. The van der Waals surface area contributed by atoms with E-state index >= 15 is 0 Å². The van der Waals surface area contributed by atoms with Crippen molar-refractivity contribution in [3.8, 4) is 11.5 Å². The van der Waals surface area contributed by atoms with Gasteiger partial charge in [0, 0.05) is 18.3 Å². The third kappa shape index (κ3) is 4.72. The molecule has 0 radical (unpaired) electrons. The molecule has 1 amide bonds. The second-order valence-corrected chi connectivity index (χ2v) is 10.2. The van der Waals surface area contributed by atoms with Gasteiger partial charge >= 0.3 is 0 Å². The molecule has 196 valence electrons. The number of hydrogen-bond donors (Lipinski definition) is 1. The average molecular weight is 513 g/mol. The second-order valence-electron chi connectivity index (χ2n) is 10.2. The fourth-order valence-electron chi connectivity index (χ4n) is 4.81. The summed E-state index contributed by atoms with van der Waals surface area (Å²) in [5, 5.41) is 11.6. The molecule has 5 rings (SSSR count). The molecule has 7 nitrogen and oxygen atoms in total. The van der Waals surface area contributed by atoms with Crippen molar-refractivity contribution in [1.29, 1.82) is 0 Å². The molecule has 1 unspecified atom stereocenters. The van der Waals surface area contributed by atoms with Gasteiger partial charge in [0.2, 0.25) is 0 Å². The zero-order chi connectivity index (χ0) is 27.0. The lowest BCUT2D eigenvalue weighted by atomic mass is 9.94. The van der Waals surface area contributed by atoms with E-state index in [1.807, 2.05) is 67.4 Å². The Morgan fingerprint density at radius 1 is 1.08 bits per heavy atom. The summed E-state index contributed by atoms with van der Waals surface area (Å²) in [6.45, 7) is 7.91. The van der Waals surface area contributed by atoms with Gasteiger partial charge in [0.25, 0.3) is 11.7 Å². The third-order valence-electron chi connectivity index (χ3n) is 6.84. The Kier molecular flexibility index (Phi) is 6.85. The predicted molar refractivity (Wildman–Crippen MR) is 148 cm³/mol. The molecule has 2 aliphatic heterocycles. The maximum Gasteiger partial charge on any atom is 0.300 e. The lowest BCUT2D eigenvalue weighted by molar-refractivity contribution is -0.132. The van der Waals surface area contributed by atoms with Crippen LogP contribution in [0.25, 0.3) is 5.76 Å². The molecule has 38 heavy (non-hydrogen) atoms. The number of likely N-dealkylation sites (N-methyl/N-ethyl adjacent to an activating group) is 1. The number of carbonyl (C=O) groups excluding carboxylic acids is 2.